The lowest BCUT2D eigenvalue weighted by Gasteiger charge is -2.23. The smallest absolute Gasteiger partial charge is 0.317 e. The van der Waals surface area contributed by atoms with Crippen molar-refractivity contribution in [2.45, 2.75) is 12.3 Å². The number of carboxylic acids is 1. The van der Waals surface area contributed by atoms with Crippen molar-refractivity contribution in [1.82, 2.24) is 9.97 Å². The van der Waals surface area contributed by atoms with Gasteiger partial charge >= 0.3 is 5.97 Å². The van der Waals surface area contributed by atoms with Crippen molar-refractivity contribution in [3.63, 3.8) is 0 Å². The second-order valence-corrected chi connectivity index (χ2v) is 3.29. The molecule has 0 spiro atoms. The van der Waals surface area contributed by atoms with Gasteiger partial charge < -0.3 is 5.11 Å². The number of rotatable bonds is 3. The number of nitriles is 2. The highest BCUT2D eigenvalue weighted by atomic mass is 16.4. The van der Waals surface area contributed by atoms with Gasteiger partial charge in [-0.2, -0.15) is 10.5 Å². The molecule has 1 rings (SSSR count). The third-order valence-electron chi connectivity index (χ3n) is 2.38. The monoisotopic (exact) mass is 216 g/mol. The van der Waals surface area contributed by atoms with Crippen LogP contribution in [0.4, 0.5) is 0 Å². The largest absolute Gasteiger partial charge is 0.480 e. The normalized spacial score (nSPS) is 13.5. The first kappa shape index (κ1) is 11.6. The number of nitrogens with zero attached hydrogens (tertiary/aromatic N) is 4. The summed E-state index contributed by atoms with van der Waals surface area (Å²) in [7, 11) is 0. The number of carboxylic acid groups (broad SMARTS) is 1. The van der Waals surface area contributed by atoms with Crippen LogP contribution < -0.4 is 0 Å². The van der Waals surface area contributed by atoms with Crippen molar-refractivity contribution in [1.29, 1.82) is 10.5 Å². The summed E-state index contributed by atoms with van der Waals surface area (Å²) >= 11 is 0. The fraction of sp³-hybridized carbons (Fsp3) is 0.300. The summed E-state index contributed by atoms with van der Waals surface area (Å²) in [5.41, 5.74) is -1.58. The van der Waals surface area contributed by atoms with E-state index in [1.165, 1.54) is 25.5 Å². The molecule has 1 unspecified atom stereocenters. The zero-order valence-electron chi connectivity index (χ0n) is 8.45. The summed E-state index contributed by atoms with van der Waals surface area (Å²) in [6.45, 7) is 1.29. The minimum Gasteiger partial charge on any atom is -0.480 e. The van der Waals surface area contributed by atoms with Gasteiger partial charge in [0.05, 0.1) is 17.8 Å². The maximum atomic E-state index is 11.2. The second-order valence-electron chi connectivity index (χ2n) is 3.29. The fourth-order valence-corrected chi connectivity index (χ4v) is 1.24. The first-order valence-corrected chi connectivity index (χ1v) is 4.36. The number of carbonyl (C=O) groups is 1. The van der Waals surface area contributed by atoms with Gasteiger partial charge in [0.15, 0.2) is 5.92 Å². The summed E-state index contributed by atoms with van der Waals surface area (Å²) in [6, 6.07) is 3.32. The molecular formula is C10H8N4O2. The molecule has 0 aliphatic carbocycles. The van der Waals surface area contributed by atoms with Crippen LogP contribution in [0, 0.1) is 28.6 Å². The minimum atomic E-state index is -1.67. The van der Waals surface area contributed by atoms with Crippen LogP contribution in [-0.2, 0) is 10.2 Å². The highest BCUT2D eigenvalue weighted by Crippen LogP contribution is 2.30. The second kappa shape index (κ2) is 4.37. The van der Waals surface area contributed by atoms with E-state index in [2.05, 4.69) is 9.97 Å². The van der Waals surface area contributed by atoms with E-state index in [4.69, 9.17) is 15.6 Å². The van der Waals surface area contributed by atoms with Gasteiger partial charge in [-0.3, -0.25) is 14.8 Å². The van der Waals surface area contributed by atoms with Crippen LogP contribution in [0.1, 0.15) is 12.6 Å². The van der Waals surface area contributed by atoms with Crippen molar-refractivity contribution < 1.29 is 9.90 Å². The summed E-state index contributed by atoms with van der Waals surface area (Å²) in [5, 5.41) is 26.7. The number of aliphatic carboxylic acids is 1. The quantitative estimate of drug-likeness (QED) is 0.786. The minimum absolute atomic E-state index is 0.0931. The maximum absolute atomic E-state index is 11.2. The average molecular weight is 216 g/mol. The Morgan fingerprint density at radius 3 is 2.50 bits per heavy atom. The molecule has 0 aliphatic rings. The van der Waals surface area contributed by atoms with Crippen molar-refractivity contribution in [3.8, 4) is 12.1 Å². The molecule has 0 saturated heterocycles. The van der Waals surface area contributed by atoms with Crippen molar-refractivity contribution >= 4 is 5.97 Å². The molecule has 16 heavy (non-hydrogen) atoms. The van der Waals surface area contributed by atoms with Crippen LogP contribution in [0.5, 0.6) is 0 Å². The molecular weight excluding hydrogens is 208 g/mol. The number of hydrogen-bond donors (Lipinski definition) is 1. The van der Waals surface area contributed by atoms with Crippen molar-refractivity contribution in [2.24, 2.45) is 5.92 Å². The van der Waals surface area contributed by atoms with Gasteiger partial charge in [-0.15, -0.1) is 0 Å². The lowest BCUT2D eigenvalue weighted by atomic mass is 9.76. The van der Waals surface area contributed by atoms with Crippen molar-refractivity contribution in [3.05, 3.63) is 24.3 Å². The topological polar surface area (TPSA) is 111 Å². The van der Waals surface area contributed by atoms with Gasteiger partial charge in [-0.25, -0.2) is 0 Å². The van der Waals surface area contributed by atoms with Crippen LogP contribution in [0.3, 0.4) is 0 Å². The SMILES string of the molecule is CC(C(=O)O)(c1cnccn1)C(C#N)C#N. The lowest BCUT2D eigenvalue weighted by Crippen LogP contribution is -2.40. The Bertz CT molecular complexity index is 460. The summed E-state index contributed by atoms with van der Waals surface area (Å²) in [4.78, 5) is 18.8. The van der Waals surface area contributed by atoms with E-state index in [0.29, 0.717) is 0 Å². The third kappa shape index (κ3) is 1.69. The van der Waals surface area contributed by atoms with Crippen LogP contribution in [0.25, 0.3) is 0 Å². The van der Waals surface area contributed by atoms with E-state index in [9.17, 15) is 4.79 Å². The molecule has 0 fully saturated rings. The first-order chi connectivity index (χ1) is 7.57. The molecule has 1 N–H and O–H groups in total. The summed E-state index contributed by atoms with van der Waals surface area (Å²) < 4.78 is 0. The predicted octanol–water partition coefficient (Wildman–Crippen LogP) is 0.482. The van der Waals surface area contributed by atoms with E-state index < -0.39 is 17.3 Å². The van der Waals surface area contributed by atoms with E-state index >= 15 is 0 Å². The van der Waals surface area contributed by atoms with Gasteiger partial charge in [0.1, 0.15) is 5.41 Å². The molecule has 80 valence electrons. The highest BCUT2D eigenvalue weighted by molar-refractivity contribution is 5.81. The van der Waals surface area contributed by atoms with Gasteiger partial charge in [-0.1, -0.05) is 0 Å². The molecule has 1 atom stereocenters. The van der Waals surface area contributed by atoms with Gasteiger partial charge in [0.25, 0.3) is 0 Å². The fourth-order valence-electron chi connectivity index (χ4n) is 1.24. The third-order valence-corrected chi connectivity index (χ3v) is 2.38. The van der Waals surface area contributed by atoms with Crippen LogP contribution >= 0.6 is 0 Å². The van der Waals surface area contributed by atoms with Gasteiger partial charge in [-0.05, 0) is 6.92 Å². The van der Waals surface area contributed by atoms with E-state index in [1.54, 1.807) is 12.1 Å². The zero-order chi connectivity index (χ0) is 12.2. The Morgan fingerprint density at radius 1 is 1.50 bits per heavy atom. The Labute approximate surface area is 91.8 Å². The Kier molecular flexibility index (Phi) is 3.17. The predicted molar refractivity (Wildman–Crippen MR) is 51.7 cm³/mol. The van der Waals surface area contributed by atoms with Gasteiger partial charge in [0.2, 0.25) is 0 Å². The molecule has 0 aromatic carbocycles. The van der Waals surface area contributed by atoms with E-state index in [0.717, 1.165) is 0 Å². The van der Waals surface area contributed by atoms with Crippen LogP contribution in [-0.4, -0.2) is 21.0 Å². The Hall–Kier alpha value is -2.47. The Morgan fingerprint density at radius 2 is 2.12 bits per heavy atom. The van der Waals surface area contributed by atoms with Gasteiger partial charge in [0, 0.05) is 18.6 Å². The molecule has 0 saturated carbocycles. The van der Waals surface area contributed by atoms with Crippen LogP contribution in [0.15, 0.2) is 18.6 Å². The highest BCUT2D eigenvalue weighted by Gasteiger charge is 2.45. The maximum Gasteiger partial charge on any atom is 0.317 e. The lowest BCUT2D eigenvalue weighted by molar-refractivity contribution is -0.144. The Balaban J connectivity index is 3.36. The zero-order valence-corrected chi connectivity index (χ0v) is 8.45. The van der Waals surface area contributed by atoms with E-state index in [-0.39, 0.29) is 5.69 Å². The molecule has 6 nitrogen and oxygen atoms in total. The molecule has 0 bridgehead atoms. The molecule has 1 aromatic heterocycles. The molecule has 1 aromatic rings. The number of aromatic nitrogens is 2. The molecule has 0 radical (unpaired) electrons. The molecule has 1 heterocycles. The van der Waals surface area contributed by atoms with E-state index in [1.807, 2.05) is 0 Å². The molecule has 6 heteroatoms. The first-order valence-electron chi connectivity index (χ1n) is 4.36. The molecule has 0 aliphatic heterocycles. The average Bonchev–Trinajstić information content (AvgIpc) is 2.31. The standard InChI is InChI=1S/C10H8N4O2/c1-10(9(15)16,7(4-11)5-12)8-6-13-2-3-14-8/h2-3,6-7H,1H3,(H,15,16). The summed E-state index contributed by atoms with van der Waals surface area (Å²) in [6.07, 6.45) is 3.96. The summed E-state index contributed by atoms with van der Waals surface area (Å²) in [5.74, 6) is -2.59. The van der Waals surface area contributed by atoms with Crippen LogP contribution in [0.2, 0.25) is 0 Å². The number of hydrogen-bond acceptors (Lipinski definition) is 5. The molecule has 0 amide bonds. The van der Waals surface area contributed by atoms with Crippen molar-refractivity contribution in [2.75, 3.05) is 0 Å².